The first kappa shape index (κ1) is 19.8. The van der Waals surface area contributed by atoms with Gasteiger partial charge in [0.05, 0.1) is 17.8 Å². The molecule has 0 aliphatic rings. The number of anilines is 1. The lowest BCUT2D eigenvalue weighted by Gasteiger charge is -2.16. The Balaban J connectivity index is 1.56. The molecule has 0 spiro atoms. The summed E-state index contributed by atoms with van der Waals surface area (Å²) >= 11 is 1.47. The van der Waals surface area contributed by atoms with Crippen LogP contribution in [0.15, 0.2) is 89.3 Å². The number of hydrogen-bond acceptors (Lipinski definition) is 5. The standard InChI is InChI=1S/C23H21N5OS/c1-16-5-7-19(8-6-16)30-23-20(4-3-12-25-23)22(29)27-21-11-15-26-28(21)17(2)18-9-13-24-14-10-18/h3-15,17H,1-2H3,(H,27,29)/t17-/m0/s1. The number of nitrogens with zero attached hydrogens (tertiary/aromatic N) is 4. The van der Waals surface area contributed by atoms with Crippen molar-refractivity contribution in [1.29, 1.82) is 0 Å². The fourth-order valence-corrected chi connectivity index (χ4v) is 3.93. The summed E-state index contributed by atoms with van der Waals surface area (Å²) in [4.78, 5) is 22.6. The number of aromatic nitrogens is 4. The van der Waals surface area contributed by atoms with E-state index in [-0.39, 0.29) is 11.9 Å². The number of aryl methyl sites for hydroxylation is 1. The minimum atomic E-state index is -0.221. The molecule has 0 aliphatic carbocycles. The Morgan fingerprint density at radius 3 is 2.53 bits per heavy atom. The Bertz CT molecular complexity index is 1140. The van der Waals surface area contributed by atoms with Crippen molar-refractivity contribution in [3.05, 3.63) is 96.1 Å². The van der Waals surface area contributed by atoms with Crippen molar-refractivity contribution in [2.75, 3.05) is 5.32 Å². The lowest BCUT2D eigenvalue weighted by molar-refractivity contribution is 0.102. The van der Waals surface area contributed by atoms with Gasteiger partial charge in [0.2, 0.25) is 0 Å². The maximum atomic E-state index is 13.1. The Hall–Kier alpha value is -3.45. The van der Waals surface area contributed by atoms with Gasteiger partial charge in [-0.3, -0.25) is 9.78 Å². The summed E-state index contributed by atoms with van der Waals surface area (Å²) in [5.74, 6) is 0.404. The van der Waals surface area contributed by atoms with Gasteiger partial charge < -0.3 is 5.32 Å². The SMILES string of the molecule is Cc1ccc(Sc2ncccc2C(=O)Nc2ccnn2[C@@H](C)c2ccncc2)cc1. The molecule has 4 aromatic rings. The van der Waals surface area contributed by atoms with E-state index in [4.69, 9.17) is 0 Å². The number of benzene rings is 1. The molecule has 3 aromatic heterocycles. The second kappa shape index (κ2) is 8.92. The Morgan fingerprint density at radius 2 is 1.77 bits per heavy atom. The second-order valence-corrected chi connectivity index (χ2v) is 7.91. The first-order valence-electron chi connectivity index (χ1n) is 9.56. The molecule has 1 aromatic carbocycles. The summed E-state index contributed by atoms with van der Waals surface area (Å²) in [6.07, 6.45) is 6.87. The highest BCUT2D eigenvalue weighted by Gasteiger charge is 2.18. The Labute approximate surface area is 179 Å². The fraction of sp³-hybridized carbons (Fsp3) is 0.130. The molecule has 0 saturated carbocycles. The van der Waals surface area contributed by atoms with E-state index in [0.717, 1.165) is 10.5 Å². The molecular weight excluding hydrogens is 394 g/mol. The summed E-state index contributed by atoms with van der Waals surface area (Å²) in [7, 11) is 0. The third-order valence-corrected chi connectivity index (χ3v) is 5.75. The summed E-state index contributed by atoms with van der Waals surface area (Å²) < 4.78 is 1.79. The molecule has 0 fully saturated rings. The van der Waals surface area contributed by atoms with Gasteiger partial charge in [-0.1, -0.05) is 29.5 Å². The van der Waals surface area contributed by atoms with E-state index in [1.54, 1.807) is 47.7 Å². The van der Waals surface area contributed by atoms with Crippen molar-refractivity contribution in [2.45, 2.75) is 29.8 Å². The van der Waals surface area contributed by atoms with Crippen LogP contribution in [0.3, 0.4) is 0 Å². The van der Waals surface area contributed by atoms with Crippen LogP contribution < -0.4 is 5.32 Å². The number of pyridine rings is 2. The van der Waals surface area contributed by atoms with Crippen LogP contribution >= 0.6 is 11.8 Å². The highest BCUT2D eigenvalue weighted by molar-refractivity contribution is 7.99. The van der Waals surface area contributed by atoms with Gasteiger partial charge in [0.1, 0.15) is 10.8 Å². The zero-order chi connectivity index (χ0) is 20.9. The van der Waals surface area contributed by atoms with E-state index in [1.165, 1.54) is 17.3 Å². The summed E-state index contributed by atoms with van der Waals surface area (Å²) in [5, 5.41) is 8.04. The van der Waals surface area contributed by atoms with Gasteiger partial charge in [-0.2, -0.15) is 5.10 Å². The van der Waals surface area contributed by atoms with Crippen molar-refractivity contribution in [1.82, 2.24) is 19.7 Å². The molecule has 0 radical (unpaired) electrons. The Kier molecular flexibility index (Phi) is 5.90. The number of rotatable bonds is 6. The van der Waals surface area contributed by atoms with Crippen LogP contribution in [-0.4, -0.2) is 25.7 Å². The second-order valence-electron chi connectivity index (χ2n) is 6.84. The monoisotopic (exact) mass is 415 g/mol. The zero-order valence-corrected chi connectivity index (χ0v) is 17.5. The van der Waals surface area contributed by atoms with E-state index in [1.807, 2.05) is 50.2 Å². The maximum Gasteiger partial charge on any atom is 0.259 e. The lowest BCUT2D eigenvalue weighted by atomic mass is 10.1. The van der Waals surface area contributed by atoms with Gasteiger partial charge in [-0.15, -0.1) is 0 Å². The van der Waals surface area contributed by atoms with Gasteiger partial charge in [0, 0.05) is 29.6 Å². The molecule has 4 rings (SSSR count). The summed E-state index contributed by atoms with van der Waals surface area (Å²) in [6.45, 7) is 4.07. The quantitative estimate of drug-likeness (QED) is 0.480. The van der Waals surface area contributed by atoms with E-state index in [2.05, 4.69) is 20.4 Å². The van der Waals surface area contributed by atoms with Gasteiger partial charge in [-0.05, 0) is 55.8 Å². The van der Waals surface area contributed by atoms with Crippen LogP contribution in [-0.2, 0) is 0 Å². The van der Waals surface area contributed by atoms with Crippen LogP contribution in [0, 0.1) is 6.92 Å². The average molecular weight is 416 g/mol. The molecule has 3 heterocycles. The maximum absolute atomic E-state index is 13.1. The van der Waals surface area contributed by atoms with Gasteiger partial charge in [0.15, 0.2) is 0 Å². The molecule has 30 heavy (non-hydrogen) atoms. The van der Waals surface area contributed by atoms with Crippen molar-refractivity contribution in [3.8, 4) is 0 Å². The third-order valence-electron chi connectivity index (χ3n) is 4.72. The van der Waals surface area contributed by atoms with Crippen LogP contribution in [0.2, 0.25) is 0 Å². The molecule has 1 amide bonds. The van der Waals surface area contributed by atoms with Gasteiger partial charge in [0.25, 0.3) is 5.91 Å². The minimum Gasteiger partial charge on any atom is -0.307 e. The predicted molar refractivity (Wildman–Crippen MR) is 118 cm³/mol. The molecule has 6 nitrogen and oxygen atoms in total. The Morgan fingerprint density at radius 1 is 1.00 bits per heavy atom. The van der Waals surface area contributed by atoms with Crippen LogP contribution in [0.5, 0.6) is 0 Å². The summed E-state index contributed by atoms with van der Waals surface area (Å²) in [5.41, 5.74) is 2.77. The fourth-order valence-electron chi connectivity index (χ4n) is 3.05. The zero-order valence-electron chi connectivity index (χ0n) is 16.7. The van der Waals surface area contributed by atoms with Crippen molar-refractivity contribution in [3.63, 3.8) is 0 Å². The van der Waals surface area contributed by atoms with Crippen LogP contribution in [0.1, 0.15) is 34.5 Å². The predicted octanol–water partition coefficient (Wildman–Crippen LogP) is 4.99. The first-order chi connectivity index (χ1) is 14.6. The molecule has 150 valence electrons. The smallest absolute Gasteiger partial charge is 0.259 e. The van der Waals surface area contributed by atoms with Crippen molar-refractivity contribution < 1.29 is 4.79 Å². The van der Waals surface area contributed by atoms with Crippen LogP contribution in [0.4, 0.5) is 5.82 Å². The van der Waals surface area contributed by atoms with E-state index in [0.29, 0.717) is 16.4 Å². The molecule has 1 N–H and O–H groups in total. The topological polar surface area (TPSA) is 72.7 Å². The minimum absolute atomic E-state index is 0.0476. The number of carbonyl (C=O) groups is 1. The number of amides is 1. The molecule has 0 aliphatic heterocycles. The molecule has 0 bridgehead atoms. The van der Waals surface area contributed by atoms with E-state index in [9.17, 15) is 4.79 Å². The number of hydrogen-bond donors (Lipinski definition) is 1. The molecule has 0 unspecified atom stereocenters. The van der Waals surface area contributed by atoms with Crippen LogP contribution in [0.25, 0.3) is 0 Å². The van der Waals surface area contributed by atoms with Gasteiger partial charge >= 0.3 is 0 Å². The van der Waals surface area contributed by atoms with Crippen molar-refractivity contribution in [2.24, 2.45) is 0 Å². The average Bonchev–Trinajstić information content (AvgIpc) is 3.24. The van der Waals surface area contributed by atoms with Gasteiger partial charge in [-0.25, -0.2) is 9.67 Å². The highest BCUT2D eigenvalue weighted by Crippen LogP contribution is 2.29. The van der Waals surface area contributed by atoms with Crippen molar-refractivity contribution >= 4 is 23.5 Å². The van der Waals surface area contributed by atoms with E-state index >= 15 is 0 Å². The summed E-state index contributed by atoms with van der Waals surface area (Å²) in [6, 6.07) is 17.3. The largest absolute Gasteiger partial charge is 0.307 e. The molecule has 0 saturated heterocycles. The lowest BCUT2D eigenvalue weighted by Crippen LogP contribution is -2.19. The number of nitrogens with one attached hydrogen (secondary N) is 1. The number of carbonyl (C=O) groups excluding carboxylic acids is 1. The third kappa shape index (κ3) is 4.41. The molecular formula is C23H21N5OS. The molecule has 7 heteroatoms. The first-order valence-corrected chi connectivity index (χ1v) is 10.4. The highest BCUT2D eigenvalue weighted by atomic mass is 32.2. The molecule has 1 atom stereocenters. The van der Waals surface area contributed by atoms with E-state index < -0.39 is 0 Å². The normalized spacial score (nSPS) is 11.8.